The van der Waals surface area contributed by atoms with Crippen LogP contribution in [0.4, 0.5) is 4.39 Å². The van der Waals surface area contributed by atoms with Crippen molar-refractivity contribution < 1.29 is 9.13 Å². The minimum Gasteiger partial charge on any atom is -0.383 e. The fourth-order valence-corrected chi connectivity index (χ4v) is 0.959. The van der Waals surface area contributed by atoms with Gasteiger partial charge in [0.15, 0.2) is 0 Å². The number of hydrogen-bond donors (Lipinski definition) is 1. The fraction of sp³-hybridized carbons (Fsp3) is 0.444. The number of ether oxygens (including phenoxy) is 1. The van der Waals surface area contributed by atoms with Crippen LogP contribution in [0.5, 0.6) is 0 Å². The molecule has 0 aliphatic carbocycles. The molecule has 0 bridgehead atoms. The van der Waals surface area contributed by atoms with Crippen LogP contribution in [0, 0.1) is 5.82 Å². The van der Waals surface area contributed by atoms with Crippen molar-refractivity contribution in [1.82, 2.24) is 10.3 Å². The summed E-state index contributed by atoms with van der Waals surface area (Å²) < 4.78 is 17.5. The highest BCUT2D eigenvalue weighted by Gasteiger charge is 1.94. The number of halogens is 1. The van der Waals surface area contributed by atoms with Crippen LogP contribution in [0.15, 0.2) is 18.5 Å². The Hall–Kier alpha value is -1.00. The molecular weight excluding hydrogens is 171 g/mol. The molecule has 0 aliphatic heterocycles. The molecule has 0 saturated carbocycles. The van der Waals surface area contributed by atoms with Crippen LogP contribution >= 0.6 is 0 Å². The summed E-state index contributed by atoms with van der Waals surface area (Å²) in [5.41, 5.74) is 0.844. The van der Waals surface area contributed by atoms with E-state index in [1.165, 1.54) is 12.3 Å². The quantitative estimate of drug-likeness (QED) is 0.692. The number of nitrogens with one attached hydrogen (secondary N) is 1. The van der Waals surface area contributed by atoms with Crippen LogP contribution in [-0.2, 0) is 11.3 Å². The van der Waals surface area contributed by atoms with Crippen molar-refractivity contribution in [3.05, 3.63) is 29.8 Å². The van der Waals surface area contributed by atoms with E-state index in [0.29, 0.717) is 13.2 Å². The predicted octanol–water partition coefficient (Wildman–Crippen LogP) is 0.957. The van der Waals surface area contributed by atoms with Gasteiger partial charge >= 0.3 is 0 Å². The first-order valence-electron chi connectivity index (χ1n) is 4.12. The lowest BCUT2D eigenvalue weighted by molar-refractivity contribution is 0.199. The number of methoxy groups -OCH3 is 1. The molecule has 0 amide bonds. The first-order valence-corrected chi connectivity index (χ1v) is 4.12. The van der Waals surface area contributed by atoms with E-state index >= 15 is 0 Å². The van der Waals surface area contributed by atoms with Crippen LogP contribution in [0.25, 0.3) is 0 Å². The fourth-order valence-electron chi connectivity index (χ4n) is 0.959. The number of hydrogen-bond acceptors (Lipinski definition) is 3. The van der Waals surface area contributed by atoms with E-state index < -0.39 is 0 Å². The van der Waals surface area contributed by atoms with E-state index in [4.69, 9.17) is 4.74 Å². The maximum atomic E-state index is 12.6. The first kappa shape index (κ1) is 10.1. The van der Waals surface area contributed by atoms with E-state index in [9.17, 15) is 4.39 Å². The van der Waals surface area contributed by atoms with Crippen molar-refractivity contribution in [2.24, 2.45) is 0 Å². The van der Waals surface area contributed by atoms with Crippen LogP contribution in [0.2, 0.25) is 0 Å². The highest BCUT2D eigenvalue weighted by molar-refractivity contribution is 5.09. The zero-order valence-electron chi connectivity index (χ0n) is 7.59. The van der Waals surface area contributed by atoms with E-state index in [-0.39, 0.29) is 5.82 Å². The summed E-state index contributed by atoms with van der Waals surface area (Å²) in [6, 6.07) is 1.47. The SMILES string of the molecule is COCCNCc1cncc(F)c1. The van der Waals surface area contributed by atoms with Gasteiger partial charge in [0.25, 0.3) is 0 Å². The lowest BCUT2D eigenvalue weighted by Crippen LogP contribution is -2.18. The molecule has 1 heterocycles. The van der Waals surface area contributed by atoms with Crippen molar-refractivity contribution in [3.8, 4) is 0 Å². The Morgan fingerprint density at radius 3 is 3.08 bits per heavy atom. The largest absolute Gasteiger partial charge is 0.383 e. The molecule has 0 aromatic carbocycles. The van der Waals surface area contributed by atoms with Gasteiger partial charge in [-0.15, -0.1) is 0 Å². The van der Waals surface area contributed by atoms with Gasteiger partial charge in [-0.25, -0.2) is 4.39 Å². The van der Waals surface area contributed by atoms with Crippen molar-refractivity contribution in [3.63, 3.8) is 0 Å². The van der Waals surface area contributed by atoms with Gasteiger partial charge in [-0.05, 0) is 11.6 Å². The number of aromatic nitrogens is 1. The maximum Gasteiger partial charge on any atom is 0.141 e. The Labute approximate surface area is 76.9 Å². The molecule has 1 aromatic rings. The summed E-state index contributed by atoms with van der Waals surface area (Å²) in [7, 11) is 1.64. The average Bonchev–Trinajstić information content (AvgIpc) is 2.13. The average molecular weight is 184 g/mol. The van der Waals surface area contributed by atoms with Gasteiger partial charge in [0.1, 0.15) is 5.82 Å². The van der Waals surface area contributed by atoms with E-state index in [1.807, 2.05) is 0 Å². The number of rotatable bonds is 5. The van der Waals surface area contributed by atoms with Gasteiger partial charge in [-0.3, -0.25) is 4.98 Å². The molecule has 0 aliphatic rings. The summed E-state index contributed by atoms with van der Waals surface area (Å²) in [4.78, 5) is 3.74. The molecule has 0 saturated heterocycles. The lowest BCUT2D eigenvalue weighted by Gasteiger charge is -2.03. The molecule has 1 aromatic heterocycles. The van der Waals surface area contributed by atoms with E-state index in [1.54, 1.807) is 13.3 Å². The molecule has 4 heteroatoms. The maximum absolute atomic E-state index is 12.6. The highest BCUT2D eigenvalue weighted by Crippen LogP contribution is 1.99. The third-order valence-electron chi connectivity index (χ3n) is 1.57. The Morgan fingerprint density at radius 2 is 2.38 bits per heavy atom. The van der Waals surface area contributed by atoms with Gasteiger partial charge in [0.05, 0.1) is 12.8 Å². The van der Waals surface area contributed by atoms with Gasteiger partial charge < -0.3 is 10.1 Å². The second-order valence-electron chi connectivity index (χ2n) is 2.68. The Bertz CT molecular complexity index is 255. The normalized spacial score (nSPS) is 10.3. The van der Waals surface area contributed by atoms with Crippen LogP contribution in [0.3, 0.4) is 0 Å². The van der Waals surface area contributed by atoms with Crippen molar-refractivity contribution in [2.75, 3.05) is 20.3 Å². The standard InChI is InChI=1S/C9H13FN2O/c1-13-3-2-11-5-8-4-9(10)7-12-6-8/h4,6-7,11H,2-3,5H2,1H3. The zero-order valence-corrected chi connectivity index (χ0v) is 7.59. The third kappa shape index (κ3) is 3.96. The summed E-state index contributed by atoms with van der Waals surface area (Å²) in [6.07, 6.45) is 2.83. The predicted molar refractivity (Wildman–Crippen MR) is 47.8 cm³/mol. The van der Waals surface area contributed by atoms with Crippen molar-refractivity contribution in [1.29, 1.82) is 0 Å². The lowest BCUT2D eigenvalue weighted by atomic mass is 10.3. The number of pyridine rings is 1. The Balaban J connectivity index is 2.28. The molecule has 1 rings (SSSR count). The Kier molecular flexibility index (Phi) is 4.35. The van der Waals surface area contributed by atoms with E-state index in [2.05, 4.69) is 10.3 Å². The molecule has 0 spiro atoms. The van der Waals surface area contributed by atoms with Crippen LogP contribution < -0.4 is 5.32 Å². The first-order chi connectivity index (χ1) is 6.33. The minimum atomic E-state index is -0.300. The molecule has 0 unspecified atom stereocenters. The molecule has 0 fully saturated rings. The second-order valence-corrected chi connectivity index (χ2v) is 2.68. The third-order valence-corrected chi connectivity index (χ3v) is 1.57. The highest BCUT2D eigenvalue weighted by atomic mass is 19.1. The smallest absolute Gasteiger partial charge is 0.141 e. The molecule has 0 radical (unpaired) electrons. The summed E-state index contributed by atoms with van der Waals surface area (Å²) in [5.74, 6) is -0.300. The van der Waals surface area contributed by atoms with Crippen LogP contribution in [0.1, 0.15) is 5.56 Å². The van der Waals surface area contributed by atoms with Crippen molar-refractivity contribution in [2.45, 2.75) is 6.54 Å². The minimum absolute atomic E-state index is 0.300. The van der Waals surface area contributed by atoms with Gasteiger partial charge in [-0.2, -0.15) is 0 Å². The monoisotopic (exact) mass is 184 g/mol. The molecule has 3 nitrogen and oxygen atoms in total. The molecule has 1 N–H and O–H groups in total. The molecule has 0 atom stereocenters. The van der Waals surface area contributed by atoms with E-state index in [0.717, 1.165) is 12.1 Å². The summed E-state index contributed by atoms with van der Waals surface area (Å²) >= 11 is 0. The molecular formula is C9H13FN2O. The zero-order chi connectivity index (χ0) is 9.52. The van der Waals surface area contributed by atoms with Gasteiger partial charge in [0.2, 0.25) is 0 Å². The molecule has 72 valence electrons. The van der Waals surface area contributed by atoms with Crippen molar-refractivity contribution >= 4 is 0 Å². The Morgan fingerprint density at radius 1 is 1.54 bits per heavy atom. The van der Waals surface area contributed by atoms with Gasteiger partial charge in [0, 0.05) is 26.4 Å². The summed E-state index contributed by atoms with van der Waals surface area (Å²) in [5, 5.41) is 3.10. The molecule has 13 heavy (non-hydrogen) atoms. The number of nitrogens with zero attached hydrogens (tertiary/aromatic N) is 1. The summed E-state index contributed by atoms with van der Waals surface area (Å²) in [6.45, 7) is 2.03. The van der Waals surface area contributed by atoms with Gasteiger partial charge in [-0.1, -0.05) is 0 Å². The van der Waals surface area contributed by atoms with Crippen LogP contribution in [-0.4, -0.2) is 25.2 Å². The second kappa shape index (κ2) is 5.61. The topological polar surface area (TPSA) is 34.1 Å².